The van der Waals surface area contributed by atoms with Crippen molar-refractivity contribution >= 4 is 31.7 Å². The van der Waals surface area contributed by atoms with Gasteiger partial charge in [0.25, 0.3) is 20.0 Å². The van der Waals surface area contributed by atoms with E-state index in [1.54, 1.807) is 66.7 Å². The van der Waals surface area contributed by atoms with Crippen molar-refractivity contribution in [3.05, 3.63) is 233 Å². The summed E-state index contributed by atoms with van der Waals surface area (Å²) in [6, 6.07) is 52.7. The van der Waals surface area contributed by atoms with Crippen LogP contribution < -0.4 is 0 Å². The first-order chi connectivity index (χ1) is 29.5. The molecule has 0 bridgehead atoms. The van der Waals surface area contributed by atoms with Crippen LogP contribution in [0.25, 0.3) is 0 Å². The Balaban J connectivity index is 1.28. The van der Waals surface area contributed by atoms with Crippen LogP contribution in [0, 0.1) is 13.8 Å². The van der Waals surface area contributed by atoms with Crippen molar-refractivity contribution in [1.29, 1.82) is 0 Å². The summed E-state index contributed by atoms with van der Waals surface area (Å²) in [7, 11) is -8.70. The lowest BCUT2D eigenvalue weighted by molar-refractivity contribution is 0.417. The monoisotopic (exact) mass is 842 g/mol. The maximum atomic E-state index is 15.2. The van der Waals surface area contributed by atoms with Crippen LogP contribution in [0.15, 0.2) is 208 Å². The zero-order valence-corrected chi connectivity index (χ0v) is 35.0. The Hall–Kier alpha value is -6.82. The van der Waals surface area contributed by atoms with Crippen molar-refractivity contribution in [1.82, 2.24) is 8.61 Å². The summed E-state index contributed by atoms with van der Waals surface area (Å²) in [5.41, 5.74) is 4.94. The van der Waals surface area contributed by atoms with Crippen LogP contribution in [0.2, 0.25) is 0 Å². The van der Waals surface area contributed by atoms with Gasteiger partial charge in [0.2, 0.25) is 0 Å². The summed E-state index contributed by atoms with van der Waals surface area (Å²) in [6.07, 6.45) is 0. The molecule has 0 fully saturated rings. The number of aliphatic imine (C=N–C) groups is 2. The van der Waals surface area contributed by atoms with Gasteiger partial charge in [-0.15, -0.1) is 0 Å². The van der Waals surface area contributed by atoms with E-state index in [2.05, 4.69) is 0 Å². The van der Waals surface area contributed by atoms with Crippen LogP contribution >= 0.6 is 0 Å². The van der Waals surface area contributed by atoms with Crippen LogP contribution in [0.4, 0.5) is 0 Å². The Morgan fingerprint density at radius 2 is 0.721 bits per heavy atom. The third-order valence-electron chi connectivity index (χ3n) is 11.3. The molecule has 11 heteroatoms. The second-order valence-electron chi connectivity index (χ2n) is 15.3. The fourth-order valence-electron chi connectivity index (χ4n) is 8.24. The number of benzene rings is 7. The molecule has 2 heterocycles. The molecule has 0 aliphatic carbocycles. The highest BCUT2D eigenvalue weighted by Gasteiger charge is 2.49. The molecule has 0 spiro atoms. The number of rotatable bonds is 10. The fraction of sp³-hybridized carbons (Fsp3) is 0.120. The predicted octanol–water partition coefficient (Wildman–Crippen LogP) is 9.88. The van der Waals surface area contributed by atoms with Crippen LogP contribution in [0.5, 0.6) is 5.75 Å². The Kier molecular flexibility index (Phi) is 10.4. The molecule has 61 heavy (non-hydrogen) atoms. The summed E-state index contributed by atoms with van der Waals surface area (Å²) in [5, 5.41) is 12.7. The highest BCUT2D eigenvalue weighted by molar-refractivity contribution is 7.90. The van der Waals surface area contributed by atoms with Gasteiger partial charge in [-0.1, -0.05) is 163 Å². The number of aryl methyl sites for hydroxylation is 2. The van der Waals surface area contributed by atoms with Gasteiger partial charge in [0, 0.05) is 0 Å². The minimum absolute atomic E-state index is 0.00777. The third kappa shape index (κ3) is 7.19. The van der Waals surface area contributed by atoms with Gasteiger partial charge in [-0.2, -0.15) is 0 Å². The van der Waals surface area contributed by atoms with E-state index in [1.165, 1.54) is 8.61 Å². The molecule has 2 aliphatic heterocycles. The van der Waals surface area contributed by atoms with Gasteiger partial charge in [0.1, 0.15) is 29.5 Å². The van der Waals surface area contributed by atoms with Crippen molar-refractivity contribution < 1.29 is 21.9 Å². The van der Waals surface area contributed by atoms with Crippen molar-refractivity contribution in [2.24, 2.45) is 9.98 Å². The van der Waals surface area contributed by atoms with E-state index >= 15 is 16.8 Å². The second-order valence-corrected chi connectivity index (χ2v) is 18.9. The van der Waals surface area contributed by atoms with E-state index in [1.807, 2.05) is 135 Å². The van der Waals surface area contributed by atoms with E-state index in [0.717, 1.165) is 22.3 Å². The van der Waals surface area contributed by atoms with E-state index in [4.69, 9.17) is 9.98 Å². The molecule has 9 rings (SSSR count). The lowest BCUT2D eigenvalue weighted by atomic mass is 9.95. The molecule has 0 saturated carbocycles. The minimum atomic E-state index is -4.35. The Morgan fingerprint density at radius 3 is 1.05 bits per heavy atom. The van der Waals surface area contributed by atoms with E-state index in [0.29, 0.717) is 11.1 Å². The standard InChI is InChI=1S/C50H42N4O5S2/c1-34-26-30-40(31-27-34)60(56,57)53-46(38-20-11-5-12-21-38)44(36-16-7-3-8-17-36)51-49(53)42-24-15-25-43(48(42)55)50-52-45(37-18-9-4-10-19-37)47(39-22-13-6-14-23-39)54(50)61(58,59)41-32-28-35(2)29-33-41/h3-33,44-47,55H,1-2H3/t44-,45-,46-,47-/m0/s1. The lowest BCUT2D eigenvalue weighted by Gasteiger charge is -2.31. The van der Waals surface area contributed by atoms with Crippen LogP contribution in [0.3, 0.4) is 0 Å². The summed E-state index contributed by atoms with van der Waals surface area (Å²) >= 11 is 0. The number of sulfonamides is 2. The molecule has 304 valence electrons. The average Bonchev–Trinajstić information content (AvgIpc) is 3.90. The molecule has 2 aliphatic rings. The topological polar surface area (TPSA) is 120 Å². The largest absolute Gasteiger partial charge is 0.506 e. The quantitative estimate of drug-likeness (QED) is 0.147. The minimum Gasteiger partial charge on any atom is -0.506 e. The molecule has 7 aromatic carbocycles. The smallest absolute Gasteiger partial charge is 0.266 e. The number of hydrogen-bond acceptors (Lipinski definition) is 7. The molecule has 0 unspecified atom stereocenters. The maximum absolute atomic E-state index is 15.2. The average molecular weight is 843 g/mol. The van der Waals surface area contributed by atoms with Gasteiger partial charge in [0.05, 0.1) is 33.0 Å². The number of hydrogen-bond donors (Lipinski definition) is 1. The van der Waals surface area contributed by atoms with E-state index in [-0.39, 0.29) is 38.3 Å². The predicted molar refractivity (Wildman–Crippen MR) is 238 cm³/mol. The Labute approximate surface area is 356 Å². The van der Waals surface area contributed by atoms with Crippen molar-refractivity contribution in [3.8, 4) is 5.75 Å². The van der Waals surface area contributed by atoms with Crippen molar-refractivity contribution in [2.75, 3.05) is 0 Å². The van der Waals surface area contributed by atoms with Gasteiger partial charge in [-0.05, 0) is 72.5 Å². The van der Waals surface area contributed by atoms with Crippen LogP contribution in [-0.2, 0) is 20.0 Å². The van der Waals surface area contributed by atoms with Crippen LogP contribution in [0.1, 0.15) is 68.7 Å². The molecular weight excluding hydrogens is 801 g/mol. The van der Waals surface area contributed by atoms with Gasteiger partial charge in [-0.3, -0.25) is 9.98 Å². The number of aromatic hydroxyl groups is 1. The molecule has 7 aromatic rings. The first-order valence-electron chi connectivity index (χ1n) is 19.9. The van der Waals surface area contributed by atoms with Gasteiger partial charge in [0.15, 0.2) is 0 Å². The maximum Gasteiger partial charge on any atom is 0.266 e. The molecule has 0 saturated heterocycles. The second kappa shape index (κ2) is 16.0. The molecule has 4 atom stereocenters. The van der Waals surface area contributed by atoms with Crippen LogP contribution in [-0.4, -0.2) is 42.2 Å². The number of nitrogens with zero attached hydrogens (tertiary/aromatic N) is 4. The normalized spacial score (nSPS) is 19.1. The van der Waals surface area contributed by atoms with Crippen molar-refractivity contribution in [2.45, 2.75) is 47.8 Å². The fourth-order valence-corrected chi connectivity index (χ4v) is 11.5. The van der Waals surface area contributed by atoms with Crippen molar-refractivity contribution in [3.63, 3.8) is 0 Å². The van der Waals surface area contributed by atoms with E-state index in [9.17, 15) is 5.11 Å². The Morgan fingerprint density at radius 1 is 0.410 bits per heavy atom. The number of phenolic OH excluding ortho intramolecular Hbond substituents is 1. The molecule has 0 aromatic heterocycles. The molecule has 1 N–H and O–H groups in total. The molecule has 0 radical (unpaired) electrons. The zero-order valence-electron chi connectivity index (χ0n) is 33.4. The van der Waals surface area contributed by atoms with Gasteiger partial charge >= 0.3 is 0 Å². The van der Waals surface area contributed by atoms with E-state index < -0.39 is 44.2 Å². The molecule has 9 nitrogen and oxygen atoms in total. The van der Waals surface area contributed by atoms with Gasteiger partial charge < -0.3 is 5.11 Å². The lowest BCUT2D eigenvalue weighted by Crippen LogP contribution is -2.39. The summed E-state index contributed by atoms with van der Waals surface area (Å²) in [4.78, 5) is 10.5. The number of amidine groups is 2. The highest BCUT2D eigenvalue weighted by Crippen LogP contribution is 2.50. The summed E-state index contributed by atoms with van der Waals surface area (Å²) in [6.45, 7) is 3.78. The zero-order chi connectivity index (χ0) is 42.3. The van der Waals surface area contributed by atoms with Gasteiger partial charge in [-0.25, -0.2) is 25.4 Å². The third-order valence-corrected chi connectivity index (χ3v) is 14.9. The SMILES string of the molecule is Cc1ccc(S(=O)(=O)N2C(c3cccc(C4=N[C@@H](c5ccccc5)[C@H](c5ccccc5)N4S(=O)(=O)c4ccc(C)cc4)c3O)=N[C@@H](c3ccccc3)[C@@H]2c2ccccc2)cc1. The first kappa shape index (κ1) is 39.6. The summed E-state index contributed by atoms with van der Waals surface area (Å²) in [5.74, 6) is -0.351. The molecule has 0 amide bonds. The highest BCUT2D eigenvalue weighted by atomic mass is 32.2. The number of phenols is 1. The summed E-state index contributed by atoms with van der Waals surface area (Å²) < 4.78 is 63.2. The number of para-hydroxylation sites is 1. The first-order valence-corrected chi connectivity index (χ1v) is 22.8. The molecular formula is C50H42N4O5S2. The Bertz CT molecular complexity index is 2780.